The van der Waals surface area contributed by atoms with E-state index in [4.69, 9.17) is 5.11 Å². The molecule has 15 radical (unpaired) electrons. The predicted octanol–water partition coefficient (Wildman–Crippen LogP) is 3.84. The molecule has 0 aliphatic heterocycles. The number of aliphatic hydroxyl groups is 1. The summed E-state index contributed by atoms with van der Waals surface area (Å²) < 4.78 is 0. The van der Waals surface area contributed by atoms with Gasteiger partial charge in [0.1, 0.15) is 0 Å². The van der Waals surface area contributed by atoms with Crippen LogP contribution in [-0.4, -0.2) is 10.7 Å². The fourth-order valence-corrected chi connectivity index (χ4v) is 0.962. The molecular weight excluding hydrogens is 384 g/mol. The zero-order valence-corrected chi connectivity index (χ0v) is 16.2. The monoisotopic (exact) mass is 409 g/mol. The van der Waals surface area contributed by atoms with Gasteiger partial charge in [0.05, 0.1) is 5.60 Å². The minimum atomic E-state index is -0.500. The van der Waals surface area contributed by atoms with Crippen LogP contribution in [0.1, 0.15) is 20.8 Å². The molecule has 0 saturated heterocycles. The van der Waals surface area contributed by atoms with E-state index in [0.717, 1.165) is 0 Å². The fourth-order valence-electron chi connectivity index (χ4n) is 0.962. The first-order chi connectivity index (χ1) is 9.50. The Bertz CT molecular complexity index is 122. The molecule has 0 amide bonds. The maximum atomic E-state index is 8.52. The van der Waals surface area contributed by atoms with Crippen LogP contribution < -0.4 is 0 Å². The quantitative estimate of drug-likeness (QED) is 0.645. The molecular formula is C19H25CeO. The van der Waals surface area contributed by atoms with E-state index in [2.05, 4.69) is 0 Å². The molecule has 0 aromatic carbocycles. The van der Waals surface area contributed by atoms with E-state index in [0.29, 0.717) is 0 Å². The minimum absolute atomic E-state index is 0. The van der Waals surface area contributed by atoms with E-state index < -0.39 is 5.60 Å². The van der Waals surface area contributed by atoms with Gasteiger partial charge in [-0.05, 0) is 117 Å². The first-order valence-corrected chi connectivity index (χ1v) is 6.72. The molecule has 3 rings (SSSR count). The maximum Gasteiger partial charge on any atom is 0.0563 e. The molecule has 0 spiro atoms. The molecule has 111 valence electrons. The summed E-state index contributed by atoms with van der Waals surface area (Å²) in [4.78, 5) is 0. The number of hydrogen-bond donors (Lipinski definition) is 1. The summed E-state index contributed by atoms with van der Waals surface area (Å²) in [5, 5.41) is 8.52. The normalized spacial score (nSPS) is 20.0. The van der Waals surface area contributed by atoms with Crippen LogP contribution >= 0.6 is 0 Å². The van der Waals surface area contributed by atoms with Gasteiger partial charge in [-0.3, -0.25) is 0 Å². The molecule has 21 heavy (non-hydrogen) atoms. The summed E-state index contributed by atoms with van der Waals surface area (Å²) in [6, 6.07) is 0. The van der Waals surface area contributed by atoms with Crippen LogP contribution in [0.15, 0.2) is 0 Å². The maximum absolute atomic E-state index is 8.52. The summed E-state index contributed by atoms with van der Waals surface area (Å²) in [6.45, 7) is 5.23. The second kappa shape index (κ2) is 17.7. The van der Waals surface area contributed by atoms with Crippen molar-refractivity contribution in [3.63, 3.8) is 0 Å². The Morgan fingerprint density at radius 3 is 0.524 bits per heavy atom. The molecule has 0 unspecified atom stereocenters. The van der Waals surface area contributed by atoms with Gasteiger partial charge in [-0.2, -0.15) is 0 Å². The summed E-state index contributed by atoms with van der Waals surface area (Å²) in [6.07, 6.45) is 30.0. The number of rotatable bonds is 0. The molecule has 0 heterocycles. The van der Waals surface area contributed by atoms with E-state index in [-0.39, 0.29) is 41.7 Å². The fraction of sp³-hybridized carbons (Fsp3) is 0.211. The van der Waals surface area contributed by atoms with Crippen LogP contribution in [0.4, 0.5) is 0 Å². The van der Waals surface area contributed by atoms with Crippen molar-refractivity contribution in [2.75, 3.05) is 0 Å². The smallest absolute Gasteiger partial charge is 0.0563 e. The average molecular weight is 410 g/mol. The molecule has 3 fully saturated rings. The van der Waals surface area contributed by atoms with E-state index >= 15 is 0 Å². The Kier molecular flexibility index (Phi) is 20.7. The number of hydrogen-bond acceptors (Lipinski definition) is 1. The Morgan fingerprint density at radius 1 is 0.429 bits per heavy atom. The van der Waals surface area contributed by atoms with Crippen molar-refractivity contribution in [3.05, 3.63) is 96.3 Å². The predicted molar refractivity (Wildman–Crippen MR) is 86.5 cm³/mol. The van der Waals surface area contributed by atoms with Crippen LogP contribution in [0.25, 0.3) is 0 Å². The van der Waals surface area contributed by atoms with Crippen molar-refractivity contribution in [3.8, 4) is 0 Å². The zero-order chi connectivity index (χ0) is 15.1. The van der Waals surface area contributed by atoms with Crippen molar-refractivity contribution in [2.45, 2.75) is 26.4 Å². The molecule has 1 nitrogen and oxygen atoms in total. The molecule has 0 aromatic heterocycles. The van der Waals surface area contributed by atoms with Crippen molar-refractivity contribution in [1.82, 2.24) is 0 Å². The van der Waals surface area contributed by atoms with Crippen molar-refractivity contribution < 1.29 is 46.9 Å². The van der Waals surface area contributed by atoms with E-state index in [9.17, 15) is 0 Å². The van der Waals surface area contributed by atoms with Gasteiger partial charge in [-0.25, -0.2) is 0 Å². The van der Waals surface area contributed by atoms with Gasteiger partial charge in [0, 0.05) is 41.7 Å². The van der Waals surface area contributed by atoms with Crippen LogP contribution in [0.2, 0.25) is 0 Å². The van der Waals surface area contributed by atoms with Gasteiger partial charge in [-0.15, -0.1) is 0 Å². The summed E-state index contributed by atoms with van der Waals surface area (Å²) in [5.41, 5.74) is -0.500. The van der Waals surface area contributed by atoms with Gasteiger partial charge >= 0.3 is 0 Å². The van der Waals surface area contributed by atoms with Crippen LogP contribution in [0, 0.1) is 138 Å². The third-order valence-electron chi connectivity index (χ3n) is 1.67. The molecule has 2 heteroatoms. The standard InChI is InChI=1S/3C5H5.C4H10O.Ce/c3*1-2-4-5-3-1;1-4(2,3)5;/h3*1-5H;5H,1-3H3;. The van der Waals surface area contributed by atoms with Gasteiger partial charge < -0.3 is 5.11 Å². The second-order valence-electron chi connectivity index (χ2n) is 5.06. The third-order valence-corrected chi connectivity index (χ3v) is 1.67. The van der Waals surface area contributed by atoms with Crippen molar-refractivity contribution in [2.24, 2.45) is 0 Å². The van der Waals surface area contributed by atoms with Crippen molar-refractivity contribution in [1.29, 1.82) is 0 Å². The van der Waals surface area contributed by atoms with Crippen LogP contribution in [-0.2, 0) is 0 Å². The van der Waals surface area contributed by atoms with Gasteiger partial charge in [0.2, 0.25) is 0 Å². The SMILES string of the molecule is CC(C)(C)O.[CH]1[CH][CH][CH][CH]1.[CH]1[CH][CH][CH][CH]1.[CH]1[CH][CH][CH][CH]1.[Ce]. The molecule has 3 aliphatic carbocycles. The first kappa shape index (κ1) is 24.6. The van der Waals surface area contributed by atoms with E-state index in [1.807, 2.05) is 96.3 Å². The molecule has 3 aliphatic rings. The zero-order valence-electron chi connectivity index (χ0n) is 13.1. The molecule has 3 saturated carbocycles. The largest absolute Gasteiger partial charge is 0.391 e. The van der Waals surface area contributed by atoms with Crippen LogP contribution in [0.5, 0.6) is 0 Å². The van der Waals surface area contributed by atoms with Gasteiger partial charge in [0.25, 0.3) is 0 Å². The molecule has 0 aromatic rings. The summed E-state index contributed by atoms with van der Waals surface area (Å²) in [7, 11) is 0. The topological polar surface area (TPSA) is 20.2 Å². The average Bonchev–Trinajstić information content (AvgIpc) is 3.17. The van der Waals surface area contributed by atoms with Gasteiger partial charge in [0.15, 0.2) is 0 Å². The van der Waals surface area contributed by atoms with E-state index in [1.54, 1.807) is 20.8 Å². The Labute approximate surface area is 168 Å². The molecule has 0 bridgehead atoms. The Balaban J connectivity index is 0. The Hall–Kier alpha value is 1.34. The third kappa shape index (κ3) is 29.9. The minimum Gasteiger partial charge on any atom is -0.391 e. The van der Waals surface area contributed by atoms with E-state index in [1.165, 1.54) is 0 Å². The molecule has 0 atom stereocenters. The van der Waals surface area contributed by atoms with Gasteiger partial charge in [-0.1, -0.05) is 0 Å². The first-order valence-electron chi connectivity index (χ1n) is 6.72. The summed E-state index contributed by atoms with van der Waals surface area (Å²) >= 11 is 0. The van der Waals surface area contributed by atoms with Crippen LogP contribution in [0.3, 0.4) is 0 Å². The molecule has 1 N–H and O–H groups in total. The Morgan fingerprint density at radius 2 is 0.476 bits per heavy atom. The second-order valence-corrected chi connectivity index (χ2v) is 5.06. The summed E-state index contributed by atoms with van der Waals surface area (Å²) in [5.74, 6) is 0. The van der Waals surface area contributed by atoms with Crippen molar-refractivity contribution >= 4 is 0 Å².